The van der Waals surface area contributed by atoms with E-state index in [4.69, 9.17) is 14.2 Å². The van der Waals surface area contributed by atoms with Crippen LogP contribution in [0.4, 0.5) is 0 Å². The first-order valence-electron chi connectivity index (χ1n) is 14.5. The predicted octanol–water partition coefficient (Wildman–Crippen LogP) is 3.36. The lowest BCUT2D eigenvalue weighted by atomic mass is 9.99. The average Bonchev–Trinajstić information content (AvgIpc) is 3.03. The number of piperidine rings is 1. The SMILES string of the molecule is COc1ccc2cc1OCC(=O)NCc1ccc(cc1)O[C@@H]1CCN(C(=O)c3ccc4nc(C)c(C)nc4c3)C[C@@H]1NC2=O. The molecule has 0 spiro atoms. The lowest BCUT2D eigenvalue weighted by Gasteiger charge is -2.39. The van der Waals surface area contributed by atoms with Crippen molar-refractivity contribution in [3.63, 3.8) is 0 Å². The molecule has 4 heterocycles. The zero-order valence-corrected chi connectivity index (χ0v) is 24.8. The van der Waals surface area contributed by atoms with Gasteiger partial charge in [0.05, 0.1) is 35.6 Å². The van der Waals surface area contributed by atoms with Crippen molar-refractivity contribution in [2.75, 3.05) is 26.8 Å². The number of hydrogen-bond acceptors (Lipinski definition) is 8. The van der Waals surface area contributed by atoms with Crippen LogP contribution >= 0.6 is 0 Å². The molecular weight excluding hydrogens is 562 g/mol. The van der Waals surface area contributed by atoms with Crippen molar-refractivity contribution in [2.24, 2.45) is 0 Å². The van der Waals surface area contributed by atoms with E-state index in [1.807, 2.05) is 44.2 Å². The number of aryl methyl sites for hydroxylation is 2. The molecule has 3 aliphatic rings. The third kappa shape index (κ3) is 6.12. The summed E-state index contributed by atoms with van der Waals surface area (Å²) >= 11 is 0. The van der Waals surface area contributed by atoms with Crippen LogP contribution in [-0.2, 0) is 11.3 Å². The van der Waals surface area contributed by atoms with Gasteiger partial charge in [-0.3, -0.25) is 14.4 Å². The number of rotatable bonds is 2. The van der Waals surface area contributed by atoms with Gasteiger partial charge < -0.3 is 29.7 Å². The molecule has 11 nitrogen and oxygen atoms in total. The molecule has 0 aliphatic carbocycles. The minimum Gasteiger partial charge on any atom is -0.493 e. The van der Waals surface area contributed by atoms with Crippen LogP contribution in [0.2, 0.25) is 0 Å². The summed E-state index contributed by atoms with van der Waals surface area (Å²) in [5.41, 5.74) is 4.75. The number of aromatic nitrogens is 2. The molecule has 1 saturated heterocycles. The van der Waals surface area contributed by atoms with Crippen molar-refractivity contribution in [3.05, 3.63) is 88.7 Å². The van der Waals surface area contributed by atoms with Gasteiger partial charge in [-0.1, -0.05) is 12.1 Å². The Morgan fingerprint density at radius 3 is 2.52 bits per heavy atom. The van der Waals surface area contributed by atoms with Crippen LogP contribution in [-0.4, -0.2) is 71.5 Å². The van der Waals surface area contributed by atoms with E-state index in [2.05, 4.69) is 20.6 Å². The van der Waals surface area contributed by atoms with Gasteiger partial charge in [0.15, 0.2) is 18.1 Å². The number of ether oxygens (including phenoxy) is 3. The second kappa shape index (κ2) is 12.2. The van der Waals surface area contributed by atoms with Gasteiger partial charge >= 0.3 is 0 Å². The summed E-state index contributed by atoms with van der Waals surface area (Å²) < 4.78 is 17.5. The number of hydrogen-bond donors (Lipinski definition) is 2. The average molecular weight is 596 g/mol. The summed E-state index contributed by atoms with van der Waals surface area (Å²) in [6.45, 7) is 4.55. The molecule has 11 heteroatoms. The fourth-order valence-corrected chi connectivity index (χ4v) is 5.38. The van der Waals surface area contributed by atoms with E-state index in [1.54, 1.807) is 29.2 Å². The van der Waals surface area contributed by atoms with Crippen molar-refractivity contribution in [1.29, 1.82) is 0 Å². The number of likely N-dealkylation sites (tertiary alicyclic amines) is 1. The van der Waals surface area contributed by atoms with Crippen LogP contribution in [0.1, 0.15) is 44.1 Å². The molecule has 1 aromatic heterocycles. The summed E-state index contributed by atoms with van der Waals surface area (Å²) in [7, 11) is 1.49. The summed E-state index contributed by atoms with van der Waals surface area (Å²) in [4.78, 5) is 50.6. The molecule has 0 radical (unpaired) electrons. The fourth-order valence-electron chi connectivity index (χ4n) is 5.38. The Morgan fingerprint density at radius 1 is 0.977 bits per heavy atom. The Kier molecular flexibility index (Phi) is 8.01. The van der Waals surface area contributed by atoms with E-state index >= 15 is 0 Å². The second-order valence-corrected chi connectivity index (χ2v) is 10.9. The van der Waals surface area contributed by atoms with Gasteiger partial charge in [0.2, 0.25) is 0 Å². The van der Waals surface area contributed by atoms with Crippen LogP contribution in [0.15, 0.2) is 60.7 Å². The monoisotopic (exact) mass is 595 g/mol. The van der Waals surface area contributed by atoms with Gasteiger partial charge in [-0.05, 0) is 67.9 Å². The van der Waals surface area contributed by atoms with Gasteiger partial charge in [-0.25, -0.2) is 9.97 Å². The van der Waals surface area contributed by atoms with Crippen molar-refractivity contribution in [1.82, 2.24) is 25.5 Å². The smallest absolute Gasteiger partial charge is 0.258 e. The third-order valence-corrected chi connectivity index (χ3v) is 7.96. The van der Waals surface area contributed by atoms with E-state index in [9.17, 15) is 14.4 Å². The second-order valence-electron chi connectivity index (χ2n) is 10.9. The van der Waals surface area contributed by atoms with Crippen LogP contribution in [0.25, 0.3) is 11.0 Å². The maximum Gasteiger partial charge on any atom is 0.258 e. The van der Waals surface area contributed by atoms with Gasteiger partial charge in [0.1, 0.15) is 11.9 Å². The highest BCUT2D eigenvalue weighted by molar-refractivity contribution is 5.98. The molecular formula is C33H33N5O6. The van der Waals surface area contributed by atoms with Crippen LogP contribution in [0.3, 0.4) is 0 Å². The molecule has 226 valence electrons. The zero-order chi connectivity index (χ0) is 30.8. The van der Waals surface area contributed by atoms with Crippen LogP contribution in [0, 0.1) is 13.8 Å². The van der Waals surface area contributed by atoms with E-state index in [1.165, 1.54) is 13.2 Å². The number of fused-ring (bicyclic) bond motifs is 8. The van der Waals surface area contributed by atoms with E-state index in [0.29, 0.717) is 47.7 Å². The number of nitrogens with zero attached hydrogens (tertiary/aromatic N) is 3. The lowest BCUT2D eigenvalue weighted by Crippen LogP contribution is -2.58. The number of carbonyl (C=O) groups is 3. The molecule has 3 aliphatic heterocycles. The molecule has 0 saturated carbocycles. The first kappa shape index (κ1) is 28.9. The standard InChI is InChI=1S/C33H33N5O6/c1-19-20(2)36-26-14-23(6-10-25(26)35-19)33(41)38-13-12-28-27(17-38)37-32(40)22-7-11-29(42-3)30(15-22)43-18-31(39)34-16-21-4-8-24(44-28)9-5-21/h4-11,14-15,27-28H,12-13,16-18H2,1-3H3,(H,34,39)(H,37,40)/t27-,28+/m0/s1. The normalized spacial score (nSPS) is 18.8. The highest BCUT2D eigenvalue weighted by atomic mass is 16.5. The molecule has 0 unspecified atom stereocenters. The number of amides is 3. The first-order chi connectivity index (χ1) is 21.3. The molecule has 4 bridgehead atoms. The highest BCUT2D eigenvalue weighted by Gasteiger charge is 2.35. The van der Waals surface area contributed by atoms with Crippen molar-refractivity contribution >= 4 is 28.8 Å². The van der Waals surface area contributed by atoms with Crippen molar-refractivity contribution in [2.45, 2.75) is 39.0 Å². The Labute approximate surface area is 254 Å². The number of benzene rings is 3. The summed E-state index contributed by atoms with van der Waals surface area (Å²) in [6, 6.07) is 17.0. The third-order valence-electron chi connectivity index (χ3n) is 7.96. The Bertz CT molecular complexity index is 1740. The first-order valence-corrected chi connectivity index (χ1v) is 14.5. The van der Waals surface area contributed by atoms with Crippen LogP contribution in [0.5, 0.6) is 17.2 Å². The minimum absolute atomic E-state index is 0.162. The van der Waals surface area contributed by atoms with Crippen LogP contribution < -0.4 is 24.8 Å². The van der Waals surface area contributed by atoms with Gasteiger partial charge in [-0.2, -0.15) is 0 Å². The van der Waals surface area contributed by atoms with Crippen molar-refractivity contribution < 1.29 is 28.6 Å². The molecule has 3 aromatic carbocycles. The minimum atomic E-state index is -0.518. The van der Waals surface area contributed by atoms with Gasteiger partial charge in [-0.15, -0.1) is 0 Å². The Balaban J connectivity index is 1.29. The summed E-state index contributed by atoms with van der Waals surface area (Å²) in [6.07, 6.45) is 0.100. The maximum atomic E-state index is 13.7. The Hall–Kier alpha value is -5.19. The summed E-state index contributed by atoms with van der Waals surface area (Å²) in [5.74, 6) is 0.435. The summed E-state index contributed by atoms with van der Waals surface area (Å²) in [5, 5.41) is 5.91. The topological polar surface area (TPSA) is 132 Å². The predicted molar refractivity (Wildman–Crippen MR) is 162 cm³/mol. The quantitative estimate of drug-likeness (QED) is 0.361. The van der Waals surface area contributed by atoms with Crippen molar-refractivity contribution in [3.8, 4) is 17.2 Å². The van der Waals surface area contributed by atoms with Gasteiger partial charge in [0.25, 0.3) is 17.7 Å². The fraction of sp³-hybridized carbons (Fsp3) is 0.303. The zero-order valence-electron chi connectivity index (χ0n) is 24.8. The lowest BCUT2D eigenvalue weighted by molar-refractivity contribution is -0.123. The number of nitrogens with one attached hydrogen (secondary N) is 2. The molecule has 2 N–H and O–H groups in total. The maximum absolute atomic E-state index is 13.7. The van der Waals surface area contributed by atoms with E-state index in [0.717, 1.165) is 22.5 Å². The molecule has 44 heavy (non-hydrogen) atoms. The number of carbonyl (C=O) groups excluding carboxylic acids is 3. The molecule has 1 fully saturated rings. The Morgan fingerprint density at radius 2 is 1.75 bits per heavy atom. The molecule has 2 atom stereocenters. The van der Waals surface area contributed by atoms with E-state index < -0.39 is 12.1 Å². The number of methoxy groups -OCH3 is 1. The largest absolute Gasteiger partial charge is 0.493 e. The molecule has 3 amide bonds. The van der Waals surface area contributed by atoms with E-state index in [-0.39, 0.29) is 36.6 Å². The highest BCUT2D eigenvalue weighted by Crippen LogP contribution is 2.29. The molecule has 7 rings (SSSR count). The van der Waals surface area contributed by atoms with Gasteiger partial charge in [0, 0.05) is 37.2 Å². The molecule has 4 aromatic rings.